The van der Waals surface area contributed by atoms with Gasteiger partial charge in [0, 0.05) is 6.04 Å². The summed E-state index contributed by atoms with van der Waals surface area (Å²) >= 11 is 0. The quantitative estimate of drug-likeness (QED) is 0.752. The number of hydrogen-bond donors (Lipinski definition) is 1. The minimum Gasteiger partial charge on any atom is -0.497 e. The summed E-state index contributed by atoms with van der Waals surface area (Å²) < 4.78 is 5.27. The monoisotopic (exact) mass is 291 g/mol. The first-order valence-corrected chi connectivity index (χ1v) is 7.64. The second-order valence-electron chi connectivity index (χ2n) is 5.57. The number of nitrogens with two attached hydrogens (primary N) is 1. The van der Waals surface area contributed by atoms with Crippen LogP contribution in [-0.2, 0) is 6.42 Å². The zero-order valence-corrected chi connectivity index (χ0v) is 12.8. The van der Waals surface area contributed by atoms with Crippen molar-refractivity contribution < 1.29 is 4.74 Å². The first-order chi connectivity index (χ1) is 10.8. The number of benzene rings is 3. The van der Waals surface area contributed by atoms with Crippen molar-refractivity contribution in [3.8, 4) is 5.75 Å². The van der Waals surface area contributed by atoms with E-state index in [2.05, 4.69) is 54.6 Å². The number of aryl methyl sites for hydroxylation is 1. The second kappa shape index (κ2) is 6.63. The Kier molecular flexibility index (Phi) is 4.40. The molecule has 0 fully saturated rings. The third-order valence-corrected chi connectivity index (χ3v) is 4.10. The van der Waals surface area contributed by atoms with Crippen molar-refractivity contribution in [2.75, 3.05) is 7.11 Å². The second-order valence-corrected chi connectivity index (χ2v) is 5.57. The molecule has 0 radical (unpaired) electrons. The maximum atomic E-state index is 6.45. The van der Waals surface area contributed by atoms with Gasteiger partial charge < -0.3 is 10.5 Å². The van der Waals surface area contributed by atoms with Crippen LogP contribution in [0.3, 0.4) is 0 Å². The molecule has 2 N–H and O–H groups in total. The minimum atomic E-state index is 0.0392. The van der Waals surface area contributed by atoms with E-state index >= 15 is 0 Å². The van der Waals surface area contributed by atoms with Crippen LogP contribution in [-0.4, -0.2) is 7.11 Å². The summed E-state index contributed by atoms with van der Waals surface area (Å²) in [6.07, 6.45) is 1.86. The lowest BCUT2D eigenvalue weighted by molar-refractivity contribution is 0.414. The molecule has 2 nitrogen and oxygen atoms in total. The number of rotatable bonds is 5. The minimum absolute atomic E-state index is 0.0392. The fraction of sp³-hybridized carbons (Fsp3) is 0.200. The van der Waals surface area contributed by atoms with Crippen LogP contribution in [0.2, 0.25) is 0 Å². The molecule has 22 heavy (non-hydrogen) atoms. The van der Waals surface area contributed by atoms with Crippen LogP contribution in [0.5, 0.6) is 5.75 Å². The Morgan fingerprint density at radius 2 is 1.73 bits per heavy atom. The molecule has 0 aliphatic heterocycles. The van der Waals surface area contributed by atoms with Crippen molar-refractivity contribution in [2.24, 2.45) is 5.73 Å². The predicted octanol–water partition coefficient (Wildman–Crippen LogP) is 4.48. The molecule has 0 spiro atoms. The summed E-state index contributed by atoms with van der Waals surface area (Å²) in [4.78, 5) is 0. The molecular formula is C20H21NO. The SMILES string of the molecule is COc1cccc(CCC(N)c2cccc3ccccc23)c1. The molecule has 3 aromatic carbocycles. The molecule has 0 aliphatic rings. The van der Waals surface area contributed by atoms with Crippen LogP contribution < -0.4 is 10.5 Å². The maximum absolute atomic E-state index is 6.45. The van der Waals surface area contributed by atoms with E-state index in [1.165, 1.54) is 21.9 Å². The normalized spacial score (nSPS) is 12.3. The summed E-state index contributed by atoms with van der Waals surface area (Å²) in [5.74, 6) is 0.899. The van der Waals surface area contributed by atoms with Crippen LogP contribution >= 0.6 is 0 Å². The Balaban J connectivity index is 1.77. The molecule has 0 aliphatic carbocycles. The fourth-order valence-electron chi connectivity index (χ4n) is 2.88. The van der Waals surface area contributed by atoms with Crippen molar-refractivity contribution >= 4 is 10.8 Å². The molecule has 112 valence electrons. The highest BCUT2D eigenvalue weighted by molar-refractivity contribution is 5.86. The molecular weight excluding hydrogens is 270 g/mol. The van der Waals surface area contributed by atoms with E-state index in [-0.39, 0.29) is 6.04 Å². The Morgan fingerprint density at radius 3 is 2.59 bits per heavy atom. The van der Waals surface area contributed by atoms with Gasteiger partial charge in [-0.05, 0) is 46.9 Å². The van der Waals surface area contributed by atoms with E-state index in [0.717, 1.165) is 18.6 Å². The van der Waals surface area contributed by atoms with E-state index in [0.29, 0.717) is 0 Å². The average molecular weight is 291 g/mol. The third-order valence-electron chi connectivity index (χ3n) is 4.10. The maximum Gasteiger partial charge on any atom is 0.119 e. The highest BCUT2D eigenvalue weighted by Gasteiger charge is 2.10. The Hall–Kier alpha value is -2.32. The van der Waals surface area contributed by atoms with Crippen LogP contribution in [0.4, 0.5) is 0 Å². The molecule has 0 saturated carbocycles. The standard InChI is InChI=1S/C20H21NO/c1-22-17-9-4-6-15(14-17)12-13-20(21)19-11-5-8-16-7-2-3-10-18(16)19/h2-11,14,20H,12-13,21H2,1H3. The fourth-order valence-corrected chi connectivity index (χ4v) is 2.88. The van der Waals surface area contributed by atoms with Gasteiger partial charge in [-0.1, -0.05) is 54.6 Å². The average Bonchev–Trinajstić information content (AvgIpc) is 2.59. The smallest absolute Gasteiger partial charge is 0.119 e. The molecule has 3 rings (SSSR count). The van der Waals surface area contributed by atoms with Crippen LogP contribution in [0.15, 0.2) is 66.7 Å². The van der Waals surface area contributed by atoms with Crippen molar-refractivity contribution in [2.45, 2.75) is 18.9 Å². The van der Waals surface area contributed by atoms with E-state index in [1.54, 1.807) is 7.11 Å². The van der Waals surface area contributed by atoms with Gasteiger partial charge >= 0.3 is 0 Å². The molecule has 0 bridgehead atoms. The van der Waals surface area contributed by atoms with Gasteiger partial charge in [-0.3, -0.25) is 0 Å². The highest BCUT2D eigenvalue weighted by atomic mass is 16.5. The zero-order chi connectivity index (χ0) is 15.4. The van der Waals surface area contributed by atoms with E-state index in [9.17, 15) is 0 Å². The Morgan fingerprint density at radius 1 is 0.955 bits per heavy atom. The Bertz CT molecular complexity index is 761. The largest absolute Gasteiger partial charge is 0.497 e. The van der Waals surface area contributed by atoms with Gasteiger partial charge in [0.25, 0.3) is 0 Å². The first-order valence-electron chi connectivity index (χ1n) is 7.64. The van der Waals surface area contributed by atoms with Crippen molar-refractivity contribution in [1.29, 1.82) is 0 Å². The number of methoxy groups -OCH3 is 1. The van der Waals surface area contributed by atoms with Crippen LogP contribution in [0.25, 0.3) is 10.8 Å². The van der Waals surface area contributed by atoms with Crippen molar-refractivity contribution in [3.05, 3.63) is 77.9 Å². The lowest BCUT2D eigenvalue weighted by Gasteiger charge is -2.15. The molecule has 1 unspecified atom stereocenters. The van der Waals surface area contributed by atoms with Gasteiger partial charge in [0.1, 0.15) is 5.75 Å². The summed E-state index contributed by atoms with van der Waals surface area (Å²) in [7, 11) is 1.70. The van der Waals surface area contributed by atoms with Crippen molar-refractivity contribution in [3.63, 3.8) is 0 Å². The summed E-state index contributed by atoms with van der Waals surface area (Å²) in [5, 5.41) is 2.50. The summed E-state index contributed by atoms with van der Waals surface area (Å²) in [6, 6.07) is 23.0. The van der Waals surface area contributed by atoms with Crippen molar-refractivity contribution in [1.82, 2.24) is 0 Å². The lowest BCUT2D eigenvalue weighted by atomic mass is 9.95. The van der Waals surface area contributed by atoms with Crippen LogP contribution in [0, 0.1) is 0 Å². The molecule has 0 amide bonds. The van der Waals surface area contributed by atoms with Gasteiger partial charge in [-0.25, -0.2) is 0 Å². The number of fused-ring (bicyclic) bond motifs is 1. The topological polar surface area (TPSA) is 35.2 Å². The molecule has 0 saturated heterocycles. The lowest BCUT2D eigenvalue weighted by Crippen LogP contribution is -2.11. The third kappa shape index (κ3) is 3.12. The first kappa shape index (κ1) is 14.6. The van der Waals surface area contributed by atoms with E-state index in [4.69, 9.17) is 10.5 Å². The van der Waals surface area contributed by atoms with Crippen LogP contribution in [0.1, 0.15) is 23.6 Å². The molecule has 1 atom stereocenters. The Labute approximate surface area is 131 Å². The van der Waals surface area contributed by atoms with Gasteiger partial charge in [0.15, 0.2) is 0 Å². The summed E-state index contributed by atoms with van der Waals surface area (Å²) in [6.45, 7) is 0. The number of hydrogen-bond acceptors (Lipinski definition) is 2. The molecule has 0 heterocycles. The zero-order valence-electron chi connectivity index (χ0n) is 12.8. The van der Waals surface area contributed by atoms with Gasteiger partial charge in [0.2, 0.25) is 0 Å². The number of ether oxygens (including phenoxy) is 1. The van der Waals surface area contributed by atoms with Gasteiger partial charge in [0.05, 0.1) is 7.11 Å². The predicted molar refractivity (Wildman–Crippen MR) is 92.2 cm³/mol. The molecule has 3 aromatic rings. The highest BCUT2D eigenvalue weighted by Crippen LogP contribution is 2.26. The molecule has 2 heteroatoms. The van der Waals surface area contributed by atoms with E-state index < -0.39 is 0 Å². The van der Waals surface area contributed by atoms with E-state index in [1.807, 2.05) is 12.1 Å². The summed E-state index contributed by atoms with van der Waals surface area (Å²) in [5.41, 5.74) is 8.93. The molecule has 0 aromatic heterocycles. The van der Waals surface area contributed by atoms with Gasteiger partial charge in [-0.15, -0.1) is 0 Å². The van der Waals surface area contributed by atoms with Gasteiger partial charge in [-0.2, -0.15) is 0 Å².